The molecular formula is C15H20N2OS. The van der Waals surface area contributed by atoms with E-state index in [0.717, 1.165) is 33.8 Å². The third-order valence-electron chi connectivity index (χ3n) is 4.21. The lowest BCUT2D eigenvalue weighted by atomic mass is 9.81. The van der Waals surface area contributed by atoms with Gasteiger partial charge in [0.05, 0.1) is 0 Å². The molecule has 0 saturated heterocycles. The summed E-state index contributed by atoms with van der Waals surface area (Å²) in [6.45, 7) is 4.71. The van der Waals surface area contributed by atoms with Crippen LogP contribution < -0.4 is 5.73 Å². The van der Waals surface area contributed by atoms with Crippen LogP contribution in [0, 0.1) is 11.8 Å². The number of benzene rings is 1. The van der Waals surface area contributed by atoms with Crippen molar-refractivity contribution < 1.29 is 4.42 Å². The summed E-state index contributed by atoms with van der Waals surface area (Å²) in [5, 5.41) is 1.42. The van der Waals surface area contributed by atoms with E-state index in [1.807, 2.05) is 18.2 Å². The zero-order valence-electron chi connectivity index (χ0n) is 11.4. The molecule has 1 saturated carbocycles. The Hall–Kier alpha value is -1.16. The molecule has 0 spiro atoms. The van der Waals surface area contributed by atoms with Gasteiger partial charge in [-0.05, 0) is 43.2 Å². The van der Waals surface area contributed by atoms with Crippen molar-refractivity contribution in [3.05, 3.63) is 18.2 Å². The molecule has 1 aromatic heterocycles. The van der Waals surface area contributed by atoms with Crippen LogP contribution in [-0.4, -0.2) is 10.2 Å². The predicted molar refractivity (Wildman–Crippen MR) is 80.2 cm³/mol. The molecule has 1 aliphatic carbocycles. The van der Waals surface area contributed by atoms with E-state index in [-0.39, 0.29) is 0 Å². The highest BCUT2D eigenvalue weighted by atomic mass is 32.2. The van der Waals surface area contributed by atoms with E-state index in [4.69, 9.17) is 10.2 Å². The lowest BCUT2D eigenvalue weighted by Crippen LogP contribution is -2.22. The highest BCUT2D eigenvalue weighted by Gasteiger charge is 2.26. The number of hydrogen-bond acceptors (Lipinski definition) is 4. The van der Waals surface area contributed by atoms with Gasteiger partial charge in [0.2, 0.25) is 0 Å². The molecule has 1 aliphatic rings. The van der Waals surface area contributed by atoms with Crippen LogP contribution >= 0.6 is 11.8 Å². The molecule has 19 heavy (non-hydrogen) atoms. The maximum Gasteiger partial charge on any atom is 0.257 e. The highest BCUT2D eigenvalue weighted by molar-refractivity contribution is 7.99. The third kappa shape index (κ3) is 2.73. The third-order valence-corrected chi connectivity index (χ3v) is 5.35. The Morgan fingerprint density at radius 3 is 2.89 bits per heavy atom. The van der Waals surface area contributed by atoms with Gasteiger partial charge in [0.15, 0.2) is 5.58 Å². The molecule has 102 valence electrons. The molecule has 2 N–H and O–H groups in total. The number of fused-ring (bicyclic) bond motifs is 1. The van der Waals surface area contributed by atoms with Gasteiger partial charge in [-0.25, -0.2) is 4.98 Å². The summed E-state index contributed by atoms with van der Waals surface area (Å²) in [4.78, 5) is 4.53. The van der Waals surface area contributed by atoms with Gasteiger partial charge in [0, 0.05) is 17.0 Å². The zero-order chi connectivity index (χ0) is 13.4. The summed E-state index contributed by atoms with van der Waals surface area (Å²) in [5.41, 5.74) is 8.17. The van der Waals surface area contributed by atoms with Crippen molar-refractivity contribution in [1.29, 1.82) is 0 Å². The van der Waals surface area contributed by atoms with E-state index in [9.17, 15) is 0 Å². The molecule has 1 heterocycles. The van der Waals surface area contributed by atoms with E-state index in [1.54, 1.807) is 11.8 Å². The number of oxazole rings is 1. The summed E-state index contributed by atoms with van der Waals surface area (Å²) in [6, 6.07) is 5.63. The summed E-state index contributed by atoms with van der Waals surface area (Å²) in [5.74, 6) is 1.64. The minimum atomic E-state index is 0.636. The number of aromatic nitrogens is 1. The SMILES string of the molecule is CC1CCC(Sc2nc3ccc(N)cc3o2)CC1C. The van der Waals surface area contributed by atoms with Crippen LogP contribution in [0.5, 0.6) is 0 Å². The molecule has 2 aromatic rings. The van der Waals surface area contributed by atoms with E-state index >= 15 is 0 Å². The van der Waals surface area contributed by atoms with Gasteiger partial charge in [-0.15, -0.1) is 0 Å². The maximum absolute atomic E-state index is 5.79. The molecule has 1 fully saturated rings. The number of nitrogen functional groups attached to an aromatic ring is 1. The quantitative estimate of drug-likeness (QED) is 0.830. The van der Waals surface area contributed by atoms with Crippen molar-refractivity contribution in [2.75, 3.05) is 5.73 Å². The number of thioether (sulfide) groups is 1. The monoisotopic (exact) mass is 276 g/mol. The Bertz CT molecular complexity index is 581. The zero-order valence-corrected chi connectivity index (χ0v) is 12.2. The number of hydrogen-bond donors (Lipinski definition) is 1. The summed E-state index contributed by atoms with van der Waals surface area (Å²) >= 11 is 1.78. The normalized spacial score (nSPS) is 27.8. The van der Waals surface area contributed by atoms with Crippen molar-refractivity contribution >= 4 is 28.5 Å². The molecule has 3 atom stereocenters. The van der Waals surface area contributed by atoms with Crippen LogP contribution in [0.15, 0.2) is 27.8 Å². The van der Waals surface area contributed by atoms with E-state index in [0.29, 0.717) is 5.25 Å². The molecule has 0 bridgehead atoms. The van der Waals surface area contributed by atoms with Crippen molar-refractivity contribution in [3.8, 4) is 0 Å². The van der Waals surface area contributed by atoms with Crippen LogP contribution in [0.2, 0.25) is 0 Å². The van der Waals surface area contributed by atoms with Crippen LogP contribution in [0.3, 0.4) is 0 Å². The Labute approximate surface area is 118 Å². The minimum absolute atomic E-state index is 0.636. The number of nitrogens with zero attached hydrogens (tertiary/aromatic N) is 1. The van der Waals surface area contributed by atoms with Gasteiger partial charge in [-0.3, -0.25) is 0 Å². The van der Waals surface area contributed by atoms with Gasteiger partial charge in [-0.1, -0.05) is 25.6 Å². The topological polar surface area (TPSA) is 52.0 Å². The lowest BCUT2D eigenvalue weighted by molar-refractivity contribution is 0.283. The van der Waals surface area contributed by atoms with E-state index in [2.05, 4.69) is 18.8 Å². The van der Waals surface area contributed by atoms with Gasteiger partial charge >= 0.3 is 0 Å². The van der Waals surface area contributed by atoms with Crippen LogP contribution in [0.1, 0.15) is 33.1 Å². The smallest absolute Gasteiger partial charge is 0.257 e. The Kier molecular flexibility index (Phi) is 3.44. The van der Waals surface area contributed by atoms with Crippen LogP contribution in [-0.2, 0) is 0 Å². The fourth-order valence-electron chi connectivity index (χ4n) is 2.72. The first-order valence-electron chi connectivity index (χ1n) is 6.94. The minimum Gasteiger partial charge on any atom is -0.431 e. The highest BCUT2D eigenvalue weighted by Crippen LogP contribution is 2.39. The van der Waals surface area contributed by atoms with Crippen molar-refractivity contribution in [2.45, 2.75) is 43.6 Å². The average Bonchev–Trinajstić information content (AvgIpc) is 2.75. The summed E-state index contributed by atoms with van der Waals surface area (Å²) in [7, 11) is 0. The largest absolute Gasteiger partial charge is 0.431 e. The number of rotatable bonds is 2. The molecular weight excluding hydrogens is 256 g/mol. The first-order valence-corrected chi connectivity index (χ1v) is 7.82. The second-order valence-corrected chi connectivity index (χ2v) is 6.97. The average molecular weight is 276 g/mol. The fourth-order valence-corrected chi connectivity index (χ4v) is 3.95. The second-order valence-electron chi connectivity index (χ2n) is 5.71. The van der Waals surface area contributed by atoms with Crippen molar-refractivity contribution in [1.82, 2.24) is 4.98 Å². The second kappa shape index (κ2) is 5.08. The van der Waals surface area contributed by atoms with Gasteiger partial charge in [0.1, 0.15) is 5.52 Å². The van der Waals surface area contributed by atoms with Gasteiger partial charge in [0.25, 0.3) is 5.22 Å². The molecule has 0 amide bonds. The molecule has 3 nitrogen and oxygen atoms in total. The number of nitrogens with two attached hydrogens (primary N) is 1. The molecule has 1 aromatic carbocycles. The molecule has 0 radical (unpaired) electrons. The Morgan fingerprint density at radius 2 is 2.11 bits per heavy atom. The maximum atomic E-state index is 5.79. The van der Waals surface area contributed by atoms with Gasteiger partial charge < -0.3 is 10.2 Å². The Morgan fingerprint density at radius 1 is 1.26 bits per heavy atom. The predicted octanol–water partition coefficient (Wildman–Crippen LogP) is 4.33. The van der Waals surface area contributed by atoms with Gasteiger partial charge in [-0.2, -0.15) is 0 Å². The van der Waals surface area contributed by atoms with Crippen molar-refractivity contribution in [3.63, 3.8) is 0 Å². The van der Waals surface area contributed by atoms with E-state index in [1.165, 1.54) is 19.3 Å². The van der Waals surface area contributed by atoms with Crippen molar-refractivity contribution in [2.24, 2.45) is 11.8 Å². The Balaban J connectivity index is 1.74. The summed E-state index contributed by atoms with van der Waals surface area (Å²) < 4.78 is 5.79. The summed E-state index contributed by atoms with van der Waals surface area (Å²) in [6.07, 6.45) is 3.83. The van der Waals surface area contributed by atoms with Crippen LogP contribution in [0.25, 0.3) is 11.1 Å². The van der Waals surface area contributed by atoms with E-state index < -0.39 is 0 Å². The first-order chi connectivity index (χ1) is 9.11. The molecule has 0 aliphatic heterocycles. The molecule has 3 unspecified atom stereocenters. The van der Waals surface area contributed by atoms with Crippen LogP contribution in [0.4, 0.5) is 5.69 Å². The standard InChI is InChI=1S/C15H20N2OS/c1-9-3-5-12(7-10(9)2)19-15-17-13-6-4-11(16)8-14(13)18-15/h4,6,8-10,12H,3,5,7,16H2,1-2H3. The first kappa shape index (κ1) is 12.9. The molecule has 4 heteroatoms. The molecule has 3 rings (SSSR count). The number of anilines is 1. The lowest BCUT2D eigenvalue weighted by Gasteiger charge is -2.30. The fraction of sp³-hybridized carbons (Fsp3) is 0.533.